The van der Waals surface area contributed by atoms with E-state index >= 15 is 0 Å². The Morgan fingerprint density at radius 2 is 1.67 bits per heavy atom. The molecule has 0 radical (unpaired) electrons. The summed E-state index contributed by atoms with van der Waals surface area (Å²) in [6.07, 6.45) is 6.66. The molecule has 1 unspecified atom stereocenters. The molecule has 4 rings (SSSR count). The minimum absolute atomic E-state index is 0.00897. The van der Waals surface area contributed by atoms with Gasteiger partial charge in [0, 0.05) is 18.6 Å². The minimum Gasteiger partial charge on any atom is -0.351 e. The Morgan fingerprint density at radius 3 is 2.06 bits per heavy atom. The summed E-state index contributed by atoms with van der Waals surface area (Å²) >= 11 is 0. The molecule has 0 aromatic carbocycles. The number of amides is 2. The van der Waals surface area contributed by atoms with Crippen molar-refractivity contribution in [2.75, 3.05) is 6.54 Å². The van der Waals surface area contributed by atoms with Crippen molar-refractivity contribution in [1.82, 2.24) is 4.90 Å². The molecule has 4 heteroatoms. The molecule has 0 aliphatic heterocycles. The number of urea groups is 1. The minimum atomic E-state index is -0.273. The van der Waals surface area contributed by atoms with Gasteiger partial charge in [0.1, 0.15) is 0 Å². The third-order valence-corrected chi connectivity index (χ3v) is 5.30. The molecule has 4 saturated carbocycles. The summed E-state index contributed by atoms with van der Waals surface area (Å²) in [4.78, 5) is 13.6. The fourth-order valence-corrected chi connectivity index (χ4v) is 5.07. The highest BCUT2D eigenvalue weighted by atomic mass is 16.2. The van der Waals surface area contributed by atoms with Crippen LogP contribution in [-0.4, -0.2) is 29.6 Å². The number of nitrogens with zero attached hydrogens (tertiary/aromatic N) is 1. The number of hydrogen-bond donors (Lipinski definition) is 2. The zero-order chi connectivity index (χ0) is 12.9. The van der Waals surface area contributed by atoms with E-state index in [0.29, 0.717) is 24.4 Å². The van der Waals surface area contributed by atoms with Crippen LogP contribution in [0.2, 0.25) is 0 Å². The topological polar surface area (TPSA) is 72.3 Å². The molecule has 102 valence electrons. The zero-order valence-corrected chi connectivity index (χ0v) is 11.2. The van der Waals surface area contributed by atoms with E-state index in [0.717, 1.165) is 11.8 Å². The highest BCUT2D eigenvalue weighted by Gasteiger charge is 2.50. The second-order valence-corrected chi connectivity index (χ2v) is 6.89. The van der Waals surface area contributed by atoms with Gasteiger partial charge in [-0.05, 0) is 62.7 Å². The summed E-state index contributed by atoms with van der Waals surface area (Å²) < 4.78 is 0. The Balaban J connectivity index is 1.79. The van der Waals surface area contributed by atoms with Crippen LogP contribution in [0.25, 0.3) is 0 Å². The second kappa shape index (κ2) is 4.41. The lowest BCUT2D eigenvalue weighted by molar-refractivity contribution is -0.0510. The molecule has 1 atom stereocenters. The van der Waals surface area contributed by atoms with Gasteiger partial charge in [-0.15, -0.1) is 0 Å². The molecule has 4 N–H and O–H groups in total. The van der Waals surface area contributed by atoms with E-state index < -0.39 is 0 Å². The zero-order valence-electron chi connectivity index (χ0n) is 11.2. The van der Waals surface area contributed by atoms with Crippen LogP contribution in [0, 0.1) is 23.7 Å². The normalized spacial score (nSPS) is 42.9. The number of primary amides is 1. The van der Waals surface area contributed by atoms with E-state index in [1.807, 2.05) is 11.8 Å². The number of hydrogen-bond acceptors (Lipinski definition) is 2. The van der Waals surface area contributed by atoms with Crippen LogP contribution in [0.15, 0.2) is 0 Å². The molecule has 0 spiro atoms. The van der Waals surface area contributed by atoms with Crippen LogP contribution in [-0.2, 0) is 0 Å². The Kier molecular flexibility index (Phi) is 3.00. The van der Waals surface area contributed by atoms with Crippen molar-refractivity contribution in [3.8, 4) is 0 Å². The molecule has 4 fully saturated rings. The summed E-state index contributed by atoms with van der Waals surface area (Å²) in [6.45, 7) is 2.56. The highest BCUT2D eigenvalue weighted by Crippen LogP contribution is 2.55. The molecule has 4 bridgehead atoms. The van der Waals surface area contributed by atoms with E-state index in [2.05, 4.69) is 0 Å². The van der Waals surface area contributed by atoms with Crippen molar-refractivity contribution in [2.24, 2.45) is 35.1 Å². The molecule has 0 saturated heterocycles. The second-order valence-electron chi connectivity index (χ2n) is 6.89. The van der Waals surface area contributed by atoms with Crippen molar-refractivity contribution in [3.05, 3.63) is 0 Å². The molecule has 4 nitrogen and oxygen atoms in total. The summed E-state index contributed by atoms with van der Waals surface area (Å²) in [7, 11) is 0. The predicted molar refractivity (Wildman–Crippen MR) is 70.8 cm³/mol. The largest absolute Gasteiger partial charge is 0.351 e. The van der Waals surface area contributed by atoms with Crippen molar-refractivity contribution in [3.63, 3.8) is 0 Å². The monoisotopic (exact) mass is 251 g/mol. The van der Waals surface area contributed by atoms with Crippen LogP contribution in [0.1, 0.15) is 39.0 Å². The number of rotatable bonds is 3. The molecule has 0 heterocycles. The van der Waals surface area contributed by atoms with Crippen molar-refractivity contribution in [1.29, 1.82) is 0 Å². The lowest BCUT2D eigenvalue weighted by Gasteiger charge is -2.57. The molecule has 4 aliphatic carbocycles. The fourth-order valence-electron chi connectivity index (χ4n) is 5.07. The summed E-state index contributed by atoms with van der Waals surface area (Å²) in [5, 5.41) is 0. The van der Waals surface area contributed by atoms with Gasteiger partial charge in [0.15, 0.2) is 0 Å². The maximum absolute atomic E-state index is 11.8. The van der Waals surface area contributed by atoms with Gasteiger partial charge in [0.2, 0.25) is 0 Å². The van der Waals surface area contributed by atoms with Gasteiger partial charge in [0.05, 0.1) is 0 Å². The van der Waals surface area contributed by atoms with Crippen molar-refractivity contribution < 1.29 is 4.79 Å². The molecular weight excluding hydrogens is 226 g/mol. The van der Waals surface area contributed by atoms with Gasteiger partial charge in [-0.1, -0.05) is 0 Å². The number of carbonyl (C=O) groups is 1. The predicted octanol–water partition coefficient (Wildman–Crippen LogP) is 1.54. The fraction of sp³-hybridized carbons (Fsp3) is 0.929. The molecule has 0 aromatic heterocycles. The van der Waals surface area contributed by atoms with Crippen LogP contribution < -0.4 is 11.5 Å². The Morgan fingerprint density at radius 1 is 1.17 bits per heavy atom. The van der Waals surface area contributed by atoms with Crippen LogP contribution in [0.4, 0.5) is 4.79 Å². The third-order valence-electron chi connectivity index (χ3n) is 5.30. The van der Waals surface area contributed by atoms with Gasteiger partial charge in [-0.25, -0.2) is 4.79 Å². The molecule has 2 amide bonds. The maximum atomic E-state index is 11.8. The first-order chi connectivity index (χ1) is 8.54. The maximum Gasteiger partial charge on any atom is 0.315 e. The molecular formula is C14H25N3O. The summed E-state index contributed by atoms with van der Waals surface area (Å²) in [6, 6.07) is 0.112. The van der Waals surface area contributed by atoms with E-state index in [9.17, 15) is 4.79 Å². The van der Waals surface area contributed by atoms with E-state index in [1.54, 1.807) is 0 Å². The third kappa shape index (κ3) is 2.00. The first kappa shape index (κ1) is 12.3. The van der Waals surface area contributed by atoms with Crippen LogP contribution >= 0.6 is 0 Å². The Labute approximate surface area is 109 Å². The Hall–Kier alpha value is -0.770. The average molecular weight is 251 g/mol. The summed E-state index contributed by atoms with van der Waals surface area (Å²) in [5.74, 6) is 3.22. The highest BCUT2D eigenvalue weighted by molar-refractivity contribution is 5.72. The average Bonchev–Trinajstić information content (AvgIpc) is 2.25. The number of nitrogens with two attached hydrogens (primary N) is 2. The molecule has 18 heavy (non-hydrogen) atoms. The summed E-state index contributed by atoms with van der Waals surface area (Å²) in [5.41, 5.74) is 11.5. The standard InChI is InChI=1S/C14H25N3O/c1-8(15)7-17(14(16)18)13-11-3-9-2-10(5-11)6-12(13)4-9/h8-13H,2-7,15H2,1H3,(H2,16,18). The van der Waals surface area contributed by atoms with Gasteiger partial charge < -0.3 is 16.4 Å². The first-order valence-corrected chi connectivity index (χ1v) is 7.36. The lowest BCUT2D eigenvalue weighted by Crippen LogP contribution is -2.60. The Bertz CT molecular complexity index is 314. The van der Waals surface area contributed by atoms with E-state index in [4.69, 9.17) is 11.5 Å². The SMILES string of the molecule is CC(N)CN(C(N)=O)C1C2CC3CC(C2)CC1C3. The van der Waals surface area contributed by atoms with Gasteiger partial charge in [-0.2, -0.15) is 0 Å². The number of carbonyl (C=O) groups excluding carboxylic acids is 1. The van der Waals surface area contributed by atoms with Crippen molar-refractivity contribution in [2.45, 2.75) is 51.1 Å². The van der Waals surface area contributed by atoms with Gasteiger partial charge in [0.25, 0.3) is 0 Å². The lowest BCUT2D eigenvalue weighted by atomic mass is 9.54. The van der Waals surface area contributed by atoms with Crippen LogP contribution in [0.3, 0.4) is 0 Å². The van der Waals surface area contributed by atoms with Gasteiger partial charge in [-0.3, -0.25) is 0 Å². The quantitative estimate of drug-likeness (QED) is 0.798. The smallest absolute Gasteiger partial charge is 0.315 e. The van der Waals surface area contributed by atoms with E-state index in [1.165, 1.54) is 32.1 Å². The molecule has 0 aromatic rings. The first-order valence-electron chi connectivity index (χ1n) is 7.36. The molecule has 4 aliphatic rings. The van der Waals surface area contributed by atoms with E-state index in [-0.39, 0.29) is 12.1 Å². The van der Waals surface area contributed by atoms with Gasteiger partial charge >= 0.3 is 6.03 Å². The van der Waals surface area contributed by atoms with Crippen molar-refractivity contribution >= 4 is 6.03 Å². The van der Waals surface area contributed by atoms with Crippen LogP contribution in [0.5, 0.6) is 0 Å².